The van der Waals surface area contributed by atoms with E-state index in [1.165, 1.54) is 11.1 Å². The number of hydrogen-bond acceptors (Lipinski definition) is 0. The van der Waals surface area contributed by atoms with Gasteiger partial charge >= 0.3 is 0 Å². The quantitative estimate of drug-likeness (QED) is 0.556. The third-order valence-electron chi connectivity index (χ3n) is 1.74. The van der Waals surface area contributed by atoms with Gasteiger partial charge in [0.2, 0.25) is 0 Å². The molecule has 0 aliphatic heterocycles. The zero-order valence-corrected chi connectivity index (χ0v) is 6.89. The Kier molecular flexibility index (Phi) is 2.10. The topological polar surface area (TPSA) is 0 Å². The zero-order chi connectivity index (χ0) is 7.56. The van der Waals surface area contributed by atoms with Crippen molar-refractivity contribution in [3.05, 3.63) is 35.4 Å². The normalized spacial score (nSPS) is 10.4. The first-order valence-corrected chi connectivity index (χ1v) is 3.76. The molecule has 0 fully saturated rings. The molecule has 0 bridgehead atoms. The minimum atomic E-state index is 0. The molecule has 0 spiro atoms. The highest BCUT2D eigenvalue weighted by molar-refractivity contribution is 5.23. The van der Waals surface area contributed by atoms with Gasteiger partial charge in [0.25, 0.3) is 0 Å². The lowest BCUT2D eigenvalue weighted by atomic mass is 10.0. The number of benzene rings is 1. The molecule has 0 radical (unpaired) electrons. The lowest BCUT2D eigenvalue weighted by molar-refractivity contribution is 0.866. The van der Waals surface area contributed by atoms with Gasteiger partial charge in [0, 0.05) is 1.43 Å². The summed E-state index contributed by atoms with van der Waals surface area (Å²) in [4.78, 5) is 0. The maximum Gasteiger partial charge on any atom is 0 e. The second kappa shape index (κ2) is 2.87. The molecular formula is C10H16. The molecule has 0 aliphatic carbocycles. The average molecular weight is 137 g/mol. The molecule has 56 valence electrons. The first kappa shape index (κ1) is 7.33. The number of rotatable bonds is 1. The molecule has 0 aromatic heterocycles. The second-order valence-corrected chi connectivity index (χ2v) is 3.07. The average Bonchev–Trinajstić information content (AvgIpc) is 1.88. The van der Waals surface area contributed by atoms with Crippen molar-refractivity contribution in [3.63, 3.8) is 0 Å². The maximum absolute atomic E-state index is 2.21. The predicted molar refractivity (Wildman–Crippen MR) is 47.4 cm³/mol. The maximum atomic E-state index is 2.21. The van der Waals surface area contributed by atoms with Crippen molar-refractivity contribution in [1.82, 2.24) is 0 Å². The van der Waals surface area contributed by atoms with Crippen LogP contribution in [-0.2, 0) is 0 Å². The van der Waals surface area contributed by atoms with Crippen LogP contribution in [0.1, 0.15) is 32.3 Å². The number of hydrogen-bond donors (Lipinski definition) is 0. The van der Waals surface area contributed by atoms with Gasteiger partial charge in [-0.25, -0.2) is 0 Å². The molecule has 0 atom stereocenters. The molecule has 0 heterocycles. The monoisotopic (exact) mass is 137 g/mol. The summed E-state index contributed by atoms with van der Waals surface area (Å²) in [5, 5.41) is 0. The van der Waals surface area contributed by atoms with Crippen molar-refractivity contribution in [2.75, 3.05) is 0 Å². The van der Waals surface area contributed by atoms with Crippen LogP contribution in [0, 0.1) is 6.92 Å². The van der Waals surface area contributed by atoms with Gasteiger partial charge in [0.1, 0.15) is 0 Å². The van der Waals surface area contributed by atoms with Crippen molar-refractivity contribution in [3.8, 4) is 0 Å². The summed E-state index contributed by atoms with van der Waals surface area (Å²) in [6.45, 7) is 6.54. The molecule has 0 saturated heterocycles. The van der Waals surface area contributed by atoms with Gasteiger partial charge in [0.15, 0.2) is 0 Å². The summed E-state index contributed by atoms with van der Waals surface area (Å²) in [7, 11) is 0. The van der Waals surface area contributed by atoms with E-state index in [0.717, 1.165) is 0 Å². The van der Waals surface area contributed by atoms with Crippen molar-refractivity contribution in [2.24, 2.45) is 0 Å². The van der Waals surface area contributed by atoms with Crippen LogP contribution < -0.4 is 0 Å². The Hall–Kier alpha value is -0.780. The molecule has 1 aromatic rings. The van der Waals surface area contributed by atoms with Gasteiger partial charge in [-0.05, 0) is 18.4 Å². The molecule has 0 aliphatic rings. The highest BCUT2D eigenvalue weighted by Gasteiger charge is 1.95. The molecule has 1 rings (SSSR count). The molecular weight excluding hydrogens is 120 g/mol. The Bertz CT molecular complexity index is 199. The molecule has 0 heteroatoms. The fourth-order valence-electron chi connectivity index (χ4n) is 0.951. The van der Waals surface area contributed by atoms with E-state index in [0.29, 0.717) is 5.92 Å². The third kappa shape index (κ3) is 1.60. The van der Waals surface area contributed by atoms with E-state index < -0.39 is 0 Å². The molecule has 1 aromatic carbocycles. The lowest BCUT2D eigenvalue weighted by Gasteiger charge is -2.03. The molecule has 0 saturated carbocycles. The van der Waals surface area contributed by atoms with E-state index >= 15 is 0 Å². The molecule has 0 nitrogen and oxygen atoms in total. The SMILES string of the molecule is Cc1ccc(C(C)C)cc1.[2HH]. The van der Waals surface area contributed by atoms with Gasteiger partial charge in [-0.3, -0.25) is 0 Å². The van der Waals surface area contributed by atoms with Crippen LogP contribution in [0.25, 0.3) is 0 Å². The Morgan fingerprint density at radius 3 is 2.00 bits per heavy atom. The third-order valence-corrected chi connectivity index (χ3v) is 1.74. The van der Waals surface area contributed by atoms with E-state index in [1.54, 1.807) is 0 Å². The Morgan fingerprint density at radius 2 is 1.60 bits per heavy atom. The van der Waals surface area contributed by atoms with Gasteiger partial charge in [-0.2, -0.15) is 0 Å². The lowest BCUT2D eigenvalue weighted by Crippen LogP contribution is -1.85. The number of aryl methyl sites for hydroxylation is 1. The fourth-order valence-corrected chi connectivity index (χ4v) is 0.951. The van der Waals surface area contributed by atoms with Crippen LogP contribution >= 0.6 is 0 Å². The van der Waals surface area contributed by atoms with Crippen LogP contribution in [-0.4, -0.2) is 0 Å². The van der Waals surface area contributed by atoms with Gasteiger partial charge in [-0.15, -0.1) is 0 Å². The largest absolute Gasteiger partial charge is 0.0590 e. The molecule has 0 amide bonds. The van der Waals surface area contributed by atoms with Gasteiger partial charge < -0.3 is 0 Å². The van der Waals surface area contributed by atoms with Crippen molar-refractivity contribution >= 4 is 0 Å². The Labute approximate surface area is 64.4 Å². The first-order chi connectivity index (χ1) is 4.70. The minimum Gasteiger partial charge on any atom is -0.0590 e. The summed E-state index contributed by atoms with van der Waals surface area (Å²) in [6.07, 6.45) is 0. The Morgan fingerprint density at radius 1 is 1.10 bits per heavy atom. The van der Waals surface area contributed by atoms with Gasteiger partial charge in [-0.1, -0.05) is 43.7 Å². The highest BCUT2D eigenvalue weighted by atomic mass is 14.0. The van der Waals surface area contributed by atoms with Crippen LogP contribution in [0.15, 0.2) is 24.3 Å². The van der Waals surface area contributed by atoms with Crippen LogP contribution in [0.4, 0.5) is 0 Å². The van der Waals surface area contributed by atoms with E-state index in [-0.39, 0.29) is 1.43 Å². The summed E-state index contributed by atoms with van der Waals surface area (Å²) < 4.78 is 0. The second-order valence-electron chi connectivity index (χ2n) is 3.07. The van der Waals surface area contributed by atoms with Crippen molar-refractivity contribution in [1.29, 1.82) is 0 Å². The molecule has 10 heavy (non-hydrogen) atoms. The summed E-state index contributed by atoms with van der Waals surface area (Å²) >= 11 is 0. The van der Waals surface area contributed by atoms with Crippen LogP contribution in [0.3, 0.4) is 0 Å². The summed E-state index contributed by atoms with van der Waals surface area (Å²) in [6, 6.07) is 8.71. The smallest absolute Gasteiger partial charge is 0 e. The standard InChI is InChI=1S/C10H14.H2/c1-8(2)10-6-4-9(3)5-7-10;/h4-8H,1-3H3;1H/i;1+1. The summed E-state index contributed by atoms with van der Waals surface area (Å²) in [5.74, 6) is 0.653. The van der Waals surface area contributed by atoms with E-state index in [1.807, 2.05) is 0 Å². The molecule has 0 N–H and O–H groups in total. The van der Waals surface area contributed by atoms with E-state index in [9.17, 15) is 0 Å². The Balaban J connectivity index is 0.000001000. The van der Waals surface area contributed by atoms with Crippen molar-refractivity contribution < 1.29 is 1.43 Å². The highest BCUT2D eigenvalue weighted by Crippen LogP contribution is 2.13. The molecule has 0 unspecified atom stereocenters. The van der Waals surface area contributed by atoms with Gasteiger partial charge in [0.05, 0.1) is 0 Å². The minimum absolute atomic E-state index is 0. The fraction of sp³-hybridized carbons (Fsp3) is 0.400. The van der Waals surface area contributed by atoms with Crippen LogP contribution in [0.5, 0.6) is 0 Å². The van der Waals surface area contributed by atoms with Crippen LogP contribution in [0.2, 0.25) is 0 Å². The summed E-state index contributed by atoms with van der Waals surface area (Å²) in [5.41, 5.74) is 2.76. The first-order valence-electron chi connectivity index (χ1n) is 3.76. The zero-order valence-electron chi connectivity index (χ0n) is 6.89. The van der Waals surface area contributed by atoms with Crippen molar-refractivity contribution in [2.45, 2.75) is 26.7 Å². The van der Waals surface area contributed by atoms with E-state index in [4.69, 9.17) is 0 Å². The predicted octanol–water partition coefficient (Wildman–Crippen LogP) is 3.36. The van der Waals surface area contributed by atoms with E-state index in [2.05, 4.69) is 45.0 Å².